The third-order valence-corrected chi connectivity index (χ3v) is 2.69. The van der Waals surface area contributed by atoms with Gasteiger partial charge >= 0.3 is 5.97 Å². The highest BCUT2D eigenvalue weighted by molar-refractivity contribution is 5.80. The van der Waals surface area contributed by atoms with Gasteiger partial charge in [0.2, 0.25) is 5.91 Å². The van der Waals surface area contributed by atoms with Crippen LogP contribution in [0.5, 0.6) is 5.75 Å². The van der Waals surface area contributed by atoms with E-state index in [4.69, 9.17) is 9.84 Å². The average molecular weight is 279 g/mol. The van der Waals surface area contributed by atoms with Gasteiger partial charge in [0.1, 0.15) is 5.75 Å². The van der Waals surface area contributed by atoms with Crippen molar-refractivity contribution in [1.29, 1.82) is 0 Å². The minimum Gasteiger partial charge on any atom is -0.491 e. The van der Waals surface area contributed by atoms with Crippen molar-refractivity contribution < 1.29 is 19.4 Å². The molecule has 0 aliphatic rings. The number of benzene rings is 1. The largest absolute Gasteiger partial charge is 0.491 e. The fourth-order valence-electron chi connectivity index (χ4n) is 1.81. The first-order chi connectivity index (χ1) is 9.40. The molecule has 1 aromatic rings. The maximum Gasteiger partial charge on any atom is 0.303 e. The molecule has 2 N–H and O–H groups in total. The van der Waals surface area contributed by atoms with Crippen molar-refractivity contribution in [3.8, 4) is 5.75 Å². The van der Waals surface area contributed by atoms with Crippen molar-refractivity contribution in [3.05, 3.63) is 29.8 Å². The number of hydrogen-bond donors (Lipinski definition) is 2. The molecule has 5 heteroatoms. The van der Waals surface area contributed by atoms with Crippen molar-refractivity contribution in [2.24, 2.45) is 0 Å². The number of ether oxygens (including phenoxy) is 1. The number of amides is 1. The van der Waals surface area contributed by atoms with E-state index >= 15 is 0 Å². The fraction of sp³-hybridized carbons (Fsp3) is 0.467. The number of hydrogen-bond acceptors (Lipinski definition) is 3. The third-order valence-electron chi connectivity index (χ3n) is 2.69. The number of carboxylic acids is 1. The van der Waals surface area contributed by atoms with Crippen molar-refractivity contribution in [2.45, 2.75) is 45.8 Å². The molecule has 0 bridgehead atoms. The number of carboxylic acid groups (broad SMARTS) is 1. The second-order valence-corrected chi connectivity index (χ2v) is 4.89. The molecule has 0 spiro atoms. The van der Waals surface area contributed by atoms with E-state index in [0.29, 0.717) is 0 Å². The second-order valence-electron chi connectivity index (χ2n) is 4.89. The lowest BCUT2D eigenvalue weighted by molar-refractivity contribution is -0.138. The van der Waals surface area contributed by atoms with E-state index in [9.17, 15) is 9.59 Å². The summed E-state index contributed by atoms with van der Waals surface area (Å²) in [4.78, 5) is 22.1. The first-order valence-electron chi connectivity index (χ1n) is 6.67. The summed E-state index contributed by atoms with van der Waals surface area (Å²) in [6, 6.07) is 7.27. The minimum absolute atomic E-state index is 0.0210. The monoisotopic (exact) mass is 279 g/mol. The molecule has 0 radical (unpaired) electrons. The Bertz CT molecular complexity index is 471. The highest BCUT2D eigenvalue weighted by atomic mass is 16.5. The van der Waals surface area contributed by atoms with Gasteiger partial charge in [0, 0.05) is 12.0 Å². The number of rotatable bonds is 7. The lowest BCUT2D eigenvalue weighted by Crippen LogP contribution is -2.27. The normalized spacial score (nSPS) is 12.0. The smallest absolute Gasteiger partial charge is 0.303 e. The Kier molecular flexibility index (Phi) is 6.03. The van der Waals surface area contributed by atoms with Gasteiger partial charge in [-0.15, -0.1) is 0 Å². The lowest BCUT2D eigenvalue weighted by atomic mass is 10.1. The molecule has 0 aliphatic carbocycles. The van der Waals surface area contributed by atoms with E-state index in [1.54, 1.807) is 0 Å². The molecule has 0 heterocycles. The Hall–Kier alpha value is -2.04. The Morgan fingerprint density at radius 3 is 2.45 bits per heavy atom. The van der Waals surface area contributed by atoms with E-state index in [1.165, 1.54) is 0 Å². The van der Waals surface area contributed by atoms with Crippen LogP contribution in [-0.4, -0.2) is 23.1 Å². The quantitative estimate of drug-likeness (QED) is 0.804. The van der Waals surface area contributed by atoms with Crippen LogP contribution >= 0.6 is 0 Å². The Balaban J connectivity index is 2.69. The highest BCUT2D eigenvalue weighted by Crippen LogP contribution is 2.25. The summed E-state index contributed by atoms with van der Waals surface area (Å²) in [5, 5.41) is 11.3. The van der Waals surface area contributed by atoms with Gasteiger partial charge in [-0.1, -0.05) is 18.2 Å². The summed E-state index contributed by atoms with van der Waals surface area (Å²) in [6.07, 6.45) is -0.138. The molecule has 5 nitrogen and oxygen atoms in total. The first kappa shape index (κ1) is 16.0. The number of carbonyl (C=O) groups is 2. The van der Waals surface area contributed by atoms with E-state index in [0.717, 1.165) is 11.3 Å². The van der Waals surface area contributed by atoms with Gasteiger partial charge in [-0.25, -0.2) is 0 Å². The van der Waals surface area contributed by atoms with Crippen molar-refractivity contribution >= 4 is 11.9 Å². The van der Waals surface area contributed by atoms with Crippen LogP contribution in [0.3, 0.4) is 0 Å². The lowest BCUT2D eigenvalue weighted by Gasteiger charge is -2.19. The number of aliphatic carboxylic acids is 1. The summed E-state index contributed by atoms with van der Waals surface area (Å²) < 4.78 is 5.70. The molecule has 0 aliphatic heterocycles. The predicted molar refractivity (Wildman–Crippen MR) is 75.6 cm³/mol. The molecule has 110 valence electrons. The maximum atomic E-state index is 11.6. The van der Waals surface area contributed by atoms with E-state index < -0.39 is 5.97 Å². The average Bonchev–Trinajstić information content (AvgIpc) is 2.36. The number of para-hydroxylation sites is 1. The van der Waals surface area contributed by atoms with Crippen LogP contribution in [0.25, 0.3) is 0 Å². The van der Waals surface area contributed by atoms with Crippen LogP contribution in [0.2, 0.25) is 0 Å². The van der Waals surface area contributed by atoms with E-state index in [-0.39, 0.29) is 30.9 Å². The third kappa shape index (κ3) is 5.30. The van der Waals surface area contributed by atoms with E-state index in [2.05, 4.69) is 5.32 Å². The van der Waals surface area contributed by atoms with Crippen molar-refractivity contribution in [1.82, 2.24) is 5.32 Å². The van der Waals surface area contributed by atoms with Gasteiger partial charge in [0.05, 0.1) is 18.6 Å². The van der Waals surface area contributed by atoms with Crippen LogP contribution in [0.15, 0.2) is 24.3 Å². The fourth-order valence-corrected chi connectivity index (χ4v) is 1.81. The van der Waals surface area contributed by atoms with Crippen molar-refractivity contribution in [2.75, 3.05) is 0 Å². The number of nitrogens with one attached hydrogen (secondary N) is 1. The first-order valence-corrected chi connectivity index (χ1v) is 6.67. The summed E-state index contributed by atoms with van der Waals surface area (Å²) in [7, 11) is 0. The van der Waals surface area contributed by atoms with Gasteiger partial charge in [0.15, 0.2) is 0 Å². The summed E-state index contributed by atoms with van der Waals surface area (Å²) >= 11 is 0. The topological polar surface area (TPSA) is 75.6 Å². The molecule has 0 fully saturated rings. The summed E-state index contributed by atoms with van der Waals surface area (Å²) in [5.74, 6) is -0.524. The van der Waals surface area contributed by atoms with Gasteiger partial charge < -0.3 is 15.2 Å². The molecule has 1 unspecified atom stereocenters. The maximum absolute atomic E-state index is 11.6. The molecule has 1 atom stereocenters. The molecule has 1 aromatic carbocycles. The highest BCUT2D eigenvalue weighted by Gasteiger charge is 2.15. The van der Waals surface area contributed by atoms with Crippen LogP contribution in [0.1, 0.15) is 45.2 Å². The molecule has 1 amide bonds. The summed E-state index contributed by atoms with van der Waals surface area (Å²) in [5.41, 5.74) is 0.880. The van der Waals surface area contributed by atoms with Crippen LogP contribution in [0.4, 0.5) is 0 Å². The zero-order valence-corrected chi connectivity index (χ0v) is 12.1. The van der Waals surface area contributed by atoms with Crippen molar-refractivity contribution in [3.63, 3.8) is 0 Å². The van der Waals surface area contributed by atoms with Gasteiger partial charge in [-0.2, -0.15) is 0 Å². The minimum atomic E-state index is -0.976. The zero-order valence-electron chi connectivity index (χ0n) is 12.1. The summed E-state index contributed by atoms with van der Waals surface area (Å²) in [6.45, 7) is 5.72. The molecule has 1 rings (SSSR count). The second kappa shape index (κ2) is 7.53. The standard InChI is InChI=1S/C15H21NO4/c1-10(2)20-13-7-5-4-6-12(13)11(3)16-14(17)8-9-15(18)19/h4-7,10-11H,8-9H2,1-3H3,(H,16,17)(H,18,19). The predicted octanol–water partition coefficient (Wildman–Crippen LogP) is 2.52. The number of carbonyl (C=O) groups excluding carboxylic acids is 1. The van der Waals surface area contributed by atoms with Crippen LogP contribution in [-0.2, 0) is 9.59 Å². The van der Waals surface area contributed by atoms with E-state index in [1.807, 2.05) is 45.0 Å². The van der Waals surface area contributed by atoms with Crippen LogP contribution < -0.4 is 10.1 Å². The zero-order chi connectivity index (χ0) is 15.1. The van der Waals surface area contributed by atoms with Gasteiger partial charge in [-0.05, 0) is 26.8 Å². The van der Waals surface area contributed by atoms with Crippen LogP contribution in [0, 0.1) is 0 Å². The van der Waals surface area contributed by atoms with Gasteiger partial charge in [0.25, 0.3) is 0 Å². The Morgan fingerprint density at radius 1 is 1.20 bits per heavy atom. The molecular formula is C15H21NO4. The van der Waals surface area contributed by atoms with Gasteiger partial charge in [-0.3, -0.25) is 9.59 Å². The molecule has 20 heavy (non-hydrogen) atoms. The Morgan fingerprint density at radius 2 is 1.85 bits per heavy atom. The molecule has 0 saturated heterocycles. The molecular weight excluding hydrogens is 258 g/mol. The Labute approximate surface area is 118 Å². The molecule has 0 aromatic heterocycles. The molecule has 0 saturated carbocycles. The SMILES string of the molecule is CC(C)Oc1ccccc1C(C)NC(=O)CCC(=O)O.